The van der Waals surface area contributed by atoms with Gasteiger partial charge in [0.05, 0.1) is 5.69 Å². The van der Waals surface area contributed by atoms with E-state index in [9.17, 15) is 27.6 Å². The largest absolute Gasteiger partial charge is 0.454 e. The van der Waals surface area contributed by atoms with Gasteiger partial charge in [-0.1, -0.05) is 11.6 Å². The fourth-order valence-corrected chi connectivity index (χ4v) is 1.99. The van der Waals surface area contributed by atoms with Crippen LogP contribution in [0.1, 0.15) is 10.4 Å². The molecule has 2 rings (SSSR count). The van der Waals surface area contributed by atoms with E-state index >= 15 is 0 Å². The van der Waals surface area contributed by atoms with Gasteiger partial charge in [-0.3, -0.25) is 14.4 Å². The molecule has 0 aliphatic rings. The lowest BCUT2D eigenvalue weighted by Gasteiger charge is -2.09. The van der Waals surface area contributed by atoms with Gasteiger partial charge in [0.25, 0.3) is 11.8 Å². The summed E-state index contributed by atoms with van der Waals surface area (Å²) in [6.07, 6.45) is 0. The molecule has 0 aromatic heterocycles. The predicted octanol–water partition coefficient (Wildman–Crippen LogP) is 2.67. The molecule has 2 aromatic rings. The molecule has 142 valence electrons. The molecule has 0 fully saturated rings. The predicted molar refractivity (Wildman–Crippen MR) is 89.7 cm³/mol. The number of hydrogen-bond donors (Lipinski definition) is 2. The van der Waals surface area contributed by atoms with Crippen LogP contribution in [0.15, 0.2) is 36.4 Å². The van der Waals surface area contributed by atoms with E-state index in [1.165, 1.54) is 24.3 Å². The third kappa shape index (κ3) is 5.71. The Balaban J connectivity index is 1.78. The second kappa shape index (κ2) is 9.04. The number of anilines is 1. The number of amides is 2. The normalized spacial score (nSPS) is 10.2. The number of halogens is 4. The van der Waals surface area contributed by atoms with Gasteiger partial charge in [-0.2, -0.15) is 0 Å². The molecule has 10 heteroatoms. The molecule has 0 radical (unpaired) electrons. The molecule has 0 spiro atoms. The van der Waals surface area contributed by atoms with Gasteiger partial charge >= 0.3 is 5.97 Å². The first-order valence-electron chi connectivity index (χ1n) is 7.40. The molecule has 0 bridgehead atoms. The first-order valence-corrected chi connectivity index (χ1v) is 7.78. The second-order valence-corrected chi connectivity index (χ2v) is 5.56. The highest BCUT2D eigenvalue weighted by molar-refractivity contribution is 6.30. The average Bonchev–Trinajstić information content (AvgIpc) is 2.65. The van der Waals surface area contributed by atoms with E-state index in [0.29, 0.717) is 11.1 Å². The van der Waals surface area contributed by atoms with Crippen LogP contribution in [0.5, 0.6) is 0 Å². The topological polar surface area (TPSA) is 84.5 Å². The zero-order chi connectivity index (χ0) is 20.0. The van der Waals surface area contributed by atoms with Crippen LogP contribution in [0, 0.1) is 17.5 Å². The van der Waals surface area contributed by atoms with Crippen LogP contribution in [0.3, 0.4) is 0 Å². The van der Waals surface area contributed by atoms with E-state index in [1.807, 2.05) is 5.32 Å². The molecule has 27 heavy (non-hydrogen) atoms. The van der Waals surface area contributed by atoms with Gasteiger partial charge in [0.2, 0.25) is 0 Å². The Hall–Kier alpha value is -3.07. The molecule has 0 atom stereocenters. The molecule has 2 aromatic carbocycles. The van der Waals surface area contributed by atoms with Gasteiger partial charge in [0.15, 0.2) is 24.1 Å². The SMILES string of the molecule is O=C(COC(=O)CNC(=O)c1ccc(Cl)cc1)Nc1ccc(F)c(F)c1F. The molecule has 0 saturated heterocycles. The van der Waals surface area contributed by atoms with Crippen molar-refractivity contribution in [2.45, 2.75) is 0 Å². The summed E-state index contributed by atoms with van der Waals surface area (Å²) in [7, 11) is 0. The van der Waals surface area contributed by atoms with E-state index in [1.54, 1.807) is 0 Å². The van der Waals surface area contributed by atoms with Crippen molar-refractivity contribution in [3.8, 4) is 0 Å². The van der Waals surface area contributed by atoms with Crippen LogP contribution in [-0.4, -0.2) is 30.9 Å². The summed E-state index contributed by atoms with van der Waals surface area (Å²) in [6.45, 7) is -1.33. The van der Waals surface area contributed by atoms with E-state index in [4.69, 9.17) is 11.6 Å². The summed E-state index contributed by atoms with van der Waals surface area (Å²) in [4.78, 5) is 34.9. The minimum atomic E-state index is -1.74. The second-order valence-electron chi connectivity index (χ2n) is 5.12. The first kappa shape index (κ1) is 20.2. The fourth-order valence-electron chi connectivity index (χ4n) is 1.86. The highest BCUT2D eigenvalue weighted by Gasteiger charge is 2.16. The number of carbonyl (C=O) groups excluding carboxylic acids is 3. The van der Waals surface area contributed by atoms with Crippen LogP contribution in [0.25, 0.3) is 0 Å². The monoisotopic (exact) mass is 400 g/mol. The summed E-state index contributed by atoms with van der Waals surface area (Å²) in [5, 5.41) is 4.65. The molecule has 2 amide bonds. The zero-order valence-electron chi connectivity index (χ0n) is 13.5. The third-order valence-corrected chi connectivity index (χ3v) is 3.43. The Morgan fingerprint density at radius 1 is 0.963 bits per heavy atom. The van der Waals surface area contributed by atoms with Crippen molar-refractivity contribution in [1.82, 2.24) is 5.32 Å². The molecular weight excluding hydrogens is 389 g/mol. The van der Waals surface area contributed by atoms with Crippen LogP contribution in [0.2, 0.25) is 5.02 Å². The van der Waals surface area contributed by atoms with Gasteiger partial charge in [-0.25, -0.2) is 13.2 Å². The van der Waals surface area contributed by atoms with Crippen LogP contribution in [-0.2, 0) is 14.3 Å². The van der Waals surface area contributed by atoms with Crippen molar-refractivity contribution in [3.63, 3.8) is 0 Å². The maximum atomic E-state index is 13.4. The number of benzene rings is 2. The van der Waals surface area contributed by atoms with E-state index in [2.05, 4.69) is 10.1 Å². The van der Waals surface area contributed by atoms with E-state index in [0.717, 1.165) is 6.07 Å². The number of ether oxygens (including phenoxy) is 1. The quantitative estimate of drug-likeness (QED) is 0.577. The Morgan fingerprint density at radius 2 is 1.63 bits per heavy atom. The van der Waals surface area contributed by atoms with Gasteiger partial charge in [-0.15, -0.1) is 0 Å². The summed E-state index contributed by atoms with van der Waals surface area (Å²) >= 11 is 5.69. The summed E-state index contributed by atoms with van der Waals surface area (Å²) in [5.41, 5.74) is -0.343. The van der Waals surface area contributed by atoms with Crippen LogP contribution >= 0.6 is 11.6 Å². The number of hydrogen-bond acceptors (Lipinski definition) is 4. The summed E-state index contributed by atoms with van der Waals surface area (Å²) in [5.74, 6) is -7.19. The molecule has 0 unspecified atom stereocenters. The van der Waals surface area contributed by atoms with Gasteiger partial charge < -0.3 is 15.4 Å². The highest BCUT2D eigenvalue weighted by Crippen LogP contribution is 2.19. The van der Waals surface area contributed by atoms with Gasteiger partial charge in [0, 0.05) is 10.6 Å². The van der Waals surface area contributed by atoms with Gasteiger partial charge in [0.1, 0.15) is 6.54 Å². The number of nitrogens with one attached hydrogen (secondary N) is 2. The Kier molecular flexibility index (Phi) is 6.78. The lowest BCUT2D eigenvalue weighted by molar-refractivity contribution is -0.146. The van der Waals surface area contributed by atoms with Crippen molar-refractivity contribution in [2.24, 2.45) is 0 Å². The van der Waals surface area contributed by atoms with Gasteiger partial charge in [-0.05, 0) is 36.4 Å². The Labute approximate surface area is 156 Å². The lowest BCUT2D eigenvalue weighted by atomic mass is 10.2. The highest BCUT2D eigenvalue weighted by atomic mass is 35.5. The van der Waals surface area contributed by atoms with Crippen molar-refractivity contribution in [1.29, 1.82) is 0 Å². The molecule has 6 nitrogen and oxygen atoms in total. The van der Waals surface area contributed by atoms with Crippen LogP contribution in [0.4, 0.5) is 18.9 Å². The van der Waals surface area contributed by atoms with Crippen molar-refractivity contribution in [3.05, 3.63) is 64.4 Å². The maximum absolute atomic E-state index is 13.4. The third-order valence-electron chi connectivity index (χ3n) is 3.17. The number of carbonyl (C=O) groups is 3. The molecule has 2 N–H and O–H groups in total. The summed E-state index contributed by atoms with van der Waals surface area (Å²) in [6, 6.07) is 7.35. The van der Waals surface area contributed by atoms with Crippen LogP contribution < -0.4 is 10.6 Å². The Morgan fingerprint density at radius 3 is 2.30 bits per heavy atom. The standard InChI is InChI=1S/C17H12ClF3N2O4/c18-10-3-1-9(2-4-10)17(26)22-7-14(25)27-8-13(24)23-12-6-5-11(19)15(20)16(12)21/h1-6H,7-8H2,(H,22,26)(H,23,24). The summed E-state index contributed by atoms with van der Waals surface area (Å²) < 4.78 is 43.9. The molecule has 0 saturated carbocycles. The maximum Gasteiger partial charge on any atom is 0.325 e. The lowest BCUT2D eigenvalue weighted by Crippen LogP contribution is -2.32. The minimum Gasteiger partial charge on any atom is -0.454 e. The number of rotatable bonds is 6. The average molecular weight is 401 g/mol. The van der Waals surface area contributed by atoms with Crippen molar-refractivity contribution < 1.29 is 32.3 Å². The smallest absolute Gasteiger partial charge is 0.325 e. The fraction of sp³-hybridized carbons (Fsp3) is 0.118. The minimum absolute atomic E-state index is 0.263. The molecular formula is C17H12ClF3N2O4. The molecule has 0 heterocycles. The Bertz CT molecular complexity index is 875. The first-order chi connectivity index (χ1) is 12.8. The zero-order valence-corrected chi connectivity index (χ0v) is 14.3. The molecule has 0 aliphatic heterocycles. The van der Waals surface area contributed by atoms with E-state index in [-0.39, 0.29) is 5.56 Å². The number of esters is 1. The molecule has 0 aliphatic carbocycles. The van der Waals surface area contributed by atoms with E-state index < -0.39 is 54.1 Å². The van der Waals surface area contributed by atoms with Crippen molar-refractivity contribution in [2.75, 3.05) is 18.5 Å². The van der Waals surface area contributed by atoms with Crippen molar-refractivity contribution >= 4 is 35.1 Å².